The van der Waals surface area contributed by atoms with E-state index in [1.807, 2.05) is 40.1 Å². The molecule has 0 radical (unpaired) electrons. The van der Waals surface area contributed by atoms with Crippen molar-refractivity contribution in [1.82, 2.24) is 14.7 Å². The van der Waals surface area contributed by atoms with Crippen LogP contribution in [0.1, 0.15) is 63.4 Å². The fraction of sp³-hybridized carbons (Fsp3) is 0.654. The SMILES string of the molecule is O=C(CCC1CCCCC1)N1CCCN(C(=O)C2CC(=O)N(Cc3ccccc3)C2)CC1. The van der Waals surface area contributed by atoms with E-state index in [2.05, 4.69) is 0 Å². The maximum absolute atomic E-state index is 13.1. The summed E-state index contributed by atoms with van der Waals surface area (Å²) in [7, 11) is 0. The summed E-state index contributed by atoms with van der Waals surface area (Å²) in [5.41, 5.74) is 1.09. The van der Waals surface area contributed by atoms with E-state index in [9.17, 15) is 14.4 Å². The van der Waals surface area contributed by atoms with Gasteiger partial charge in [0.05, 0.1) is 5.92 Å². The molecular weight excluding hydrogens is 402 g/mol. The molecule has 6 heteroatoms. The fourth-order valence-electron chi connectivity index (χ4n) is 5.50. The Kier molecular flexibility index (Phi) is 7.82. The van der Waals surface area contributed by atoms with Crippen LogP contribution < -0.4 is 0 Å². The van der Waals surface area contributed by atoms with Gasteiger partial charge in [-0.05, 0) is 24.3 Å². The topological polar surface area (TPSA) is 60.9 Å². The second-order valence-corrected chi connectivity index (χ2v) is 9.76. The van der Waals surface area contributed by atoms with Crippen molar-refractivity contribution < 1.29 is 14.4 Å². The van der Waals surface area contributed by atoms with Gasteiger partial charge in [-0.1, -0.05) is 62.4 Å². The second kappa shape index (κ2) is 11.0. The van der Waals surface area contributed by atoms with Gasteiger partial charge in [0.15, 0.2) is 0 Å². The minimum absolute atomic E-state index is 0.0570. The quantitative estimate of drug-likeness (QED) is 0.682. The molecule has 32 heavy (non-hydrogen) atoms. The summed E-state index contributed by atoms with van der Waals surface area (Å²) in [6.45, 7) is 3.66. The molecule has 1 atom stereocenters. The highest BCUT2D eigenvalue weighted by atomic mass is 16.2. The summed E-state index contributed by atoms with van der Waals surface area (Å²) in [6, 6.07) is 9.93. The maximum atomic E-state index is 13.1. The highest BCUT2D eigenvalue weighted by Gasteiger charge is 2.37. The first-order valence-electron chi connectivity index (χ1n) is 12.5. The highest BCUT2D eigenvalue weighted by molar-refractivity contribution is 5.89. The number of benzene rings is 1. The van der Waals surface area contributed by atoms with Gasteiger partial charge in [-0.3, -0.25) is 14.4 Å². The zero-order chi connectivity index (χ0) is 22.3. The lowest BCUT2D eigenvalue weighted by Crippen LogP contribution is -2.40. The second-order valence-electron chi connectivity index (χ2n) is 9.76. The summed E-state index contributed by atoms with van der Waals surface area (Å²) in [5.74, 6) is 0.832. The lowest BCUT2D eigenvalue weighted by molar-refractivity contribution is -0.136. The molecule has 1 aromatic rings. The maximum Gasteiger partial charge on any atom is 0.228 e. The lowest BCUT2D eigenvalue weighted by atomic mass is 9.86. The first kappa shape index (κ1) is 22.8. The number of likely N-dealkylation sites (tertiary alicyclic amines) is 1. The van der Waals surface area contributed by atoms with E-state index in [1.165, 1.54) is 32.1 Å². The van der Waals surface area contributed by atoms with Gasteiger partial charge in [0, 0.05) is 52.1 Å². The molecule has 6 nitrogen and oxygen atoms in total. The molecular formula is C26H37N3O3. The summed E-state index contributed by atoms with van der Waals surface area (Å²) in [4.78, 5) is 44.0. The average molecular weight is 440 g/mol. The Bertz CT molecular complexity index is 791. The average Bonchev–Trinajstić information content (AvgIpc) is 3.02. The predicted octanol–water partition coefficient (Wildman–Crippen LogP) is 3.46. The Morgan fingerprint density at radius 1 is 0.875 bits per heavy atom. The van der Waals surface area contributed by atoms with Crippen LogP contribution in [-0.2, 0) is 20.9 Å². The number of carbonyl (C=O) groups is 3. The van der Waals surface area contributed by atoms with E-state index in [1.54, 1.807) is 4.90 Å². The predicted molar refractivity (Wildman–Crippen MR) is 124 cm³/mol. The van der Waals surface area contributed by atoms with Crippen LogP contribution >= 0.6 is 0 Å². The molecule has 4 rings (SSSR count). The molecule has 0 N–H and O–H groups in total. The van der Waals surface area contributed by atoms with Crippen molar-refractivity contribution in [3.05, 3.63) is 35.9 Å². The van der Waals surface area contributed by atoms with E-state index in [0.717, 1.165) is 30.9 Å². The molecule has 2 saturated heterocycles. The molecule has 3 aliphatic rings. The van der Waals surface area contributed by atoms with Crippen molar-refractivity contribution in [2.24, 2.45) is 11.8 Å². The number of carbonyl (C=O) groups excluding carboxylic acids is 3. The summed E-state index contributed by atoms with van der Waals surface area (Å²) >= 11 is 0. The molecule has 3 amide bonds. The molecule has 1 aliphatic carbocycles. The van der Waals surface area contributed by atoms with Gasteiger partial charge in [-0.2, -0.15) is 0 Å². The van der Waals surface area contributed by atoms with Gasteiger partial charge in [0.2, 0.25) is 17.7 Å². The van der Waals surface area contributed by atoms with Crippen LogP contribution in [-0.4, -0.2) is 65.1 Å². The van der Waals surface area contributed by atoms with Crippen LogP contribution in [0.15, 0.2) is 30.3 Å². The standard InChI is InChI=1S/C26H37N3O3/c30-24(13-12-21-8-3-1-4-9-21)27-14-7-15-28(17-16-27)26(32)23-18-25(31)29(20-23)19-22-10-5-2-6-11-22/h2,5-6,10-11,21,23H,1,3-4,7-9,12-20H2. The zero-order valence-corrected chi connectivity index (χ0v) is 19.2. The summed E-state index contributed by atoms with van der Waals surface area (Å²) in [6.07, 6.45) is 9.29. The molecule has 1 unspecified atom stereocenters. The Morgan fingerprint density at radius 3 is 2.38 bits per heavy atom. The van der Waals surface area contributed by atoms with Crippen LogP contribution in [0.5, 0.6) is 0 Å². The molecule has 3 fully saturated rings. The van der Waals surface area contributed by atoms with Crippen molar-refractivity contribution >= 4 is 17.7 Å². The fourth-order valence-corrected chi connectivity index (χ4v) is 5.50. The van der Waals surface area contributed by atoms with Crippen LogP contribution in [0.2, 0.25) is 0 Å². The van der Waals surface area contributed by atoms with Gasteiger partial charge in [0.25, 0.3) is 0 Å². The molecule has 0 spiro atoms. The Balaban J connectivity index is 1.24. The first-order valence-corrected chi connectivity index (χ1v) is 12.5. The van der Waals surface area contributed by atoms with Crippen molar-refractivity contribution in [1.29, 1.82) is 0 Å². The number of rotatable bonds is 6. The summed E-state index contributed by atoms with van der Waals surface area (Å²) < 4.78 is 0. The number of amides is 3. The molecule has 2 aliphatic heterocycles. The van der Waals surface area contributed by atoms with E-state index in [-0.39, 0.29) is 23.6 Å². The van der Waals surface area contributed by atoms with Crippen molar-refractivity contribution in [2.45, 2.75) is 64.3 Å². The number of nitrogens with zero attached hydrogens (tertiary/aromatic N) is 3. The van der Waals surface area contributed by atoms with E-state index in [0.29, 0.717) is 45.6 Å². The monoisotopic (exact) mass is 439 g/mol. The van der Waals surface area contributed by atoms with Crippen molar-refractivity contribution in [3.63, 3.8) is 0 Å². The van der Waals surface area contributed by atoms with Crippen molar-refractivity contribution in [3.8, 4) is 0 Å². The minimum Gasteiger partial charge on any atom is -0.341 e. The van der Waals surface area contributed by atoms with E-state index in [4.69, 9.17) is 0 Å². The molecule has 0 bridgehead atoms. The Hall–Kier alpha value is -2.37. The van der Waals surface area contributed by atoms with Gasteiger partial charge in [-0.25, -0.2) is 0 Å². The van der Waals surface area contributed by atoms with E-state index < -0.39 is 0 Å². The van der Waals surface area contributed by atoms with Gasteiger partial charge >= 0.3 is 0 Å². The zero-order valence-electron chi connectivity index (χ0n) is 19.2. The summed E-state index contributed by atoms with van der Waals surface area (Å²) in [5, 5.41) is 0. The van der Waals surface area contributed by atoms with Crippen molar-refractivity contribution in [2.75, 3.05) is 32.7 Å². The third kappa shape index (κ3) is 5.90. The number of hydrogen-bond acceptors (Lipinski definition) is 3. The Morgan fingerprint density at radius 2 is 1.59 bits per heavy atom. The Labute approximate surface area is 191 Å². The van der Waals surface area contributed by atoms with Crippen LogP contribution in [0, 0.1) is 11.8 Å². The highest BCUT2D eigenvalue weighted by Crippen LogP contribution is 2.28. The minimum atomic E-state index is -0.264. The molecule has 174 valence electrons. The third-order valence-corrected chi connectivity index (χ3v) is 7.43. The molecule has 2 heterocycles. The van der Waals surface area contributed by atoms with Gasteiger partial charge < -0.3 is 14.7 Å². The molecule has 1 aromatic carbocycles. The van der Waals surface area contributed by atoms with Crippen LogP contribution in [0.25, 0.3) is 0 Å². The lowest BCUT2D eigenvalue weighted by Gasteiger charge is -2.25. The first-order chi connectivity index (χ1) is 15.6. The van der Waals surface area contributed by atoms with Crippen LogP contribution in [0.3, 0.4) is 0 Å². The van der Waals surface area contributed by atoms with Gasteiger partial charge in [-0.15, -0.1) is 0 Å². The van der Waals surface area contributed by atoms with Crippen LogP contribution in [0.4, 0.5) is 0 Å². The largest absolute Gasteiger partial charge is 0.341 e. The smallest absolute Gasteiger partial charge is 0.228 e. The molecule has 0 aromatic heterocycles. The normalized spacial score (nSPS) is 22.8. The van der Waals surface area contributed by atoms with Gasteiger partial charge in [0.1, 0.15) is 0 Å². The molecule has 1 saturated carbocycles. The third-order valence-electron chi connectivity index (χ3n) is 7.43. The number of hydrogen-bond donors (Lipinski definition) is 0. The van der Waals surface area contributed by atoms with E-state index >= 15 is 0 Å².